The molecule has 7 heteroatoms. The summed E-state index contributed by atoms with van der Waals surface area (Å²) in [5, 5.41) is 4.93. The van der Waals surface area contributed by atoms with E-state index in [1.54, 1.807) is 18.2 Å². The van der Waals surface area contributed by atoms with Crippen molar-refractivity contribution in [2.24, 2.45) is 5.10 Å². The molecule has 0 spiro atoms. The van der Waals surface area contributed by atoms with Gasteiger partial charge in [0.25, 0.3) is 0 Å². The molecule has 0 saturated heterocycles. The van der Waals surface area contributed by atoms with E-state index in [0.717, 1.165) is 22.2 Å². The Morgan fingerprint density at radius 1 is 1.15 bits per heavy atom. The topological polar surface area (TPSA) is 76.5 Å². The number of pyridine rings is 1. The van der Waals surface area contributed by atoms with Crippen molar-refractivity contribution in [1.82, 2.24) is 19.5 Å². The first-order valence-corrected chi connectivity index (χ1v) is 8.55. The van der Waals surface area contributed by atoms with E-state index in [1.165, 1.54) is 4.68 Å². The number of aryl methyl sites for hydroxylation is 2. The minimum atomic E-state index is -0.353. The van der Waals surface area contributed by atoms with Crippen LogP contribution in [0.25, 0.3) is 33.5 Å². The van der Waals surface area contributed by atoms with Crippen molar-refractivity contribution in [1.29, 1.82) is 0 Å². The number of rotatable bonds is 3. The maximum atomic E-state index is 12.9. The quantitative estimate of drug-likeness (QED) is 0.414. The van der Waals surface area contributed by atoms with E-state index in [1.807, 2.05) is 57.4 Å². The molecule has 0 bridgehead atoms. The zero-order valence-corrected chi connectivity index (χ0v) is 15.6. The molecule has 0 atom stereocenters. The third-order valence-electron chi connectivity index (χ3n) is 4.27. The van der Waals surface area contributed by atoms with Crippen LogP contribution < -0.4 is 5.56 Å². The van der Waals surface area contributed by atoms with Crippen LogP contribution >= 0.6 is 0 Å². The van der Waals surface area contributed by atoms with Crippen molar-refractivity contribution >= 4 is 28.5 Å². The Balaban J connectivity index is 1.99. The zero-order valence-electron chi connectivity index (χ0n) is 15.6. The van der Waals surface area contributed by atoms with Gasteiger partial charge in [-0.15, -0.1) is 0 Å². The standard InChI is InChI=1S/C20H19N5O2/c1-12-10-15(14-8-6-5-7-9-14)23-19-16(12)17-18(27-19)20(26)25(13(2)22-17)21-11-24(3)4/h5-11H,1-4H3/b21-11+. The first kappa shape index (κ1) is 17.0. The molecule has 0 unspecified atom stereocenters. The van der Waals surface area contributed by atoms with Gasteiger partial charge in [-0.05, 0) is 25.5 Å². The zero-order chi connectivity index (χ0) is 19.1. The lowest BCUT2D eigenvalue weighted by molar-refractivity contribution is 0.614. The summed E-state index contributed by atoms with van der Waals surface area (Å²) >= 11 is 0. The van der Waals surface area contributed by atoms with Gasteiger partial charge < -0.3 is 9.32 Å². The highest BCUT2D eigenvalue weighted by molar-refractivity contribution is 6.03. The molecular weight excluding hydrogens is 342 g/mol. The molecule has 0 aliphatic heterocycles. The highest BCUT2D eigenvalue weighted by atomic mass is 16.3. The van der Waals surface area contributed by atoms with Gasteiger partial charge in [0.2, 0.25) is 11.3 Å². The smallest absolute Gasteiger partial charge is 0.317 e. The number of hydrogen-bond donors (Lipinski definition) is 0. The Bertz CT molecular complexity index is 1240. The molecule has 0 amide bonds. The number of hydrogen-bond acceptors (Lipinski definition) is 5. The highest BCUT2D eigenvalue weighted by Crippen LogP contribution is 2.30. The van der Waals surface area contributed by atoms with E-state index in [9.17, 15) is 4.79 Å². The molecule has 1 aromatic carbocycles. The minimum absolute atomic E-state index is 0.160. The van der Waals surface area contributed by atoms with Crippen molar-refractivity contribution in [2.75, 3.05) is 14.1 Å². The number of aromatic nitrogens is 3. The lowest BCUT2D eigenvalue weighted by Gasteiger charge is -2.05. The Labute approximate surface area is 155 Å². The van der Waals surface area contributed by atoms with Crippen molar-refractivity contribution in [2.45, 2.75) is 13.8 Å². The monoisotopic (exact) mass is 361 g/mol. The largest absolute Gasteiger partial charge is 0.430 e. The van der Waals surface area contributed by atoms with Crippen molar-refractivity contribution < 1.29 is 4.42 Å². The Kier molecular flexibility index (Phi) is 3.99. The van der Waals surface area contributed by atoms with Gasteiger partial charge in [0.1, 0.15) is 17.7 Å². The molecule has 0 N–H and O–H groups in total. The molecular formula is C20H19N5O2. The van der Waals surface area contributed by atoms with Crippen LogP contribution in [0.1, 0.15) is 11.4 Å². The van der Waals surface area contributed by atoms with Crippen molar-refractivity contribution in [3.8, 4) is 11.3 Å². The van der Waals surface area contributed by atoms with Crippen LogP contribution in [0.3, 0.4) is 0 Å². The summed E-state index contributed by atoms with van der Waals surface area (Å²) in [6.07, 6.45) is 1.54. The third-order valence-corrected chi connectivity index (χ3v) is 4.27. The van der Waals surface area contributed by atoms with Crippen LogP contribution in [-0.2, 0) is 0 Å². The van der Waals surface area contributed by atoms with Crippen LogP contribution in [-0.4, -0.2) is 40.0 Å². The molecule has 0 aliphatic carbocycles. The summed E-state index contributed by atoms with van der Waals surface area (Å²) in [6.45, 7) is 3.71. The normalized spacial score (nSPS) is 11.7. The SMILES string of the molecule is Cc1cc(-c2ccccc2)nc2oc3c(=O)n(/N=C/N(C)C)c(C)nc3c12. The summed E-state index contributed by atoms with van der Waals surface area (Å²) in [6, 6.07) is 11.8. The van der Waals surface area contributed by atoms with Crippen LogP contribution in [0, 0.1) is 13.8 Å². The van der Waals surface area contributed by atoms with Gasteiger partial charge >= 0.3 is 5.56 Å². The van der Waals surface area contributed by atoms with E-state index in [0.29, 0.717) is 17.1 Å². The lowest BCUT2D eigenvalue weighted by atomic mass is 10.1. The summed E-state index contributed by atoms with van der Waals surface area (Å²) in [4.78, 5) is 23.8. The Morgan fingerprint density at radius 3 is 2.59 bits per heavy atom. The van der Waals surface area contributed by atoms with Crippen LogP contribution in [0.2, 0.25) is 0 Å². The molecule has 0 saturated carbocycles. The second-order valence-electron chi connectivity index (χ2n) is 6.62. The summed E-state index contributed by atoms with van der Waals surface area (Å²) in [7, 11) is 3.66. The maximum absolute atomic E-state index is 12.9. The van der Waals surface area contributed by atoms with Crippen LogP contribution in [0.15, 0.2) is 50.7 Å². The molecule has 136 valence electrons. The number of nitrogens with zero attached hydrogens (tertiary/aromatic N) is 5. The fourth-order valence-electron chi connectivity index (χ4n) is 3.02. The van der Waals surface area contributed by atoms with Crippen molar-refractivity contribution in [3.63, 3.8) is 0 Å². The predicted molar refractivity (Wildman–Crippen MR) is 106 cm³/mol. The fraction of sp³-hybridized carbons (Fsp3) is 0.200. The number of fused-ring (bicyclic) bond motifs is 3. The van der Waals surface area contributed by atoms with Gasteiger partial charge in [0, 0.05) is 19.7 Å². The van der Waals surface area contributed by atoms with E-state index in [-0.39, 0.29) is 11.1 Å². The molecule has 0 radical (unpaired) electrons. The molecule has 0 fully saturated rings. The molecule has 4 rings (SSSR count). The maximum Gasteiger partial charge on any atom is 0.317 e. The summed E-state index contributed by atoms with van der Waals surface area (Å²) in [5.41, 5.74) is 3.47. The van der Waals surface area contributed by atoms with Gasteiger partial charge in [-0.1, -0.05) is 30.3 Å². The highest BCUT2D eigenvalue weighted by Gasteiger charge is 2.19. The van der Waals surface area contributed by atoms with Gasteiger partial charge in [0.15, 0.2) is 0 Å². The number of benzene rings is 1. The average Bonchev–Trinajstić information content (AvgIpc) is 3.01. The Morgan fingerprint density at radius 2 is 1.89 bits per heavy atom. The first-order chi connectivity index (χ1) is 13.0. The third kappa shape index (κ3) is 2.87. The van der Waals surface area contributed by atoms with E-state index < -0.39 is 0 Å². The van der Waals surface area contributed by atoms with Gasteiger partial charge in [0.05, 0.1) is 11.1 Å². The first-order valence-electron chi connectivity index (χ1n) is 8.55. The van der Waals surface area contributed by atoms with Gasteiger partial charge in [-0.3, -0.25) is 4.79 Å². The van der Waals surface area contributed by atoms with E-state index in [4.69, 9.17) is 4.42 Å². The van der Waals surface area contributed by atoms with Crippen LogP contribution in [0.4, 0.5) is 0 Å². The summed E-state index contributed by atoms with van der Waals surface area (Å²) < 4.78 is 7.07. The van der Waals surface area contributed by atoms with Crippen LogP contribution in [0.5, 0.6) is 0 Å². The fourth-order valence-corrected chi connectivity index (χ4v) is 3.02. The van der Waals surface area contributed by atoms with Gasteiger partial charge in [-0.25, -0.2) is 9.97 Å². The molecule has 4 aromatic rings. The van der Waals surface area contributed by atoms with Gasteiger partial charge in [-0.2, -0.15) is 9.78 Å². The molecule has 27 heavy (non-hydrogen) atoms. The average molecular weight is 361 g/mol. The van der Waals surface area contributed by atoms with E-state index >= 15 is 0 Å². The van der Waals surface area contributed by atoms with Crippen molar-refractivity contribution in [3.05, 3.63) is 58.1 Å². The molecule has 7 nitrogen and oxygen atoms in total. The van der Waals surface area contributed by atoms with E-state index in [2.05, 4.69) is 15.1 Å². The second kappa shape index (κ2) is 6.35. The molecule has 3 heterocycles. The summed E-state index contributed by atoms with van der Waals surface area (Å²) in [5.74, 6) is 0.486. The second-order valence-corrected chi connectivity index (χ2v) is 6.62. The predicted octanol–water partition coefficient (Wildman–Crippen LogP) is 3.17. The molecule has 3 aromatic heterocycles. The Hall–Kier alpha value is -3.48. The minimum Gasteiger partial charge on any atom is -0.430 e. The lowest BCUT2D eigenvalue weighted by Crippen LogP contribution is -2.21. The number of furan rings is 1. The molecule has 0 aliphatic rings.